The van der Waals surface area contributed by atoms with Crippen molar-refractivity contribution in [2.75, 3.05) is 38.5 Å². The fraction of sp³-hybridized carbons (Fsp3) is 0.276. The molecular weight excluding hydrogens is 460 g/mol. The van der Waals surface area contributed by atoms with Crippen LogP contribution in [0.2, 0.25) is 0 Å². The molecule has 0 unspecified atom stereocenters. The summed E-state index contributed by atoms with van der Waals surface area (Å²) in [5, 5.41) is 11.9. The summed E-state index contributed by atoms with van der Waals surface area (Å²) in [6, 6.07) is 6.38. The maximum Gasteiger partial charge on any atom is 0.181 e. The molecule has 1 aliphatic heterocycles. The first kappa shape index (κ1) is 24.5. The van der Waals surface area contributed by atoms with Crippen LogP contribution in [0.3, 0.4) is 0 Å². The Morgan fingerprint density at radius 2 is 1.89 bits per heavy atom. The second-order valence-corrected chi connectivity index (χ2v) is 9.54. The maximum absolute atomic E-state index is 4.63. The third-order valence-electron chi connectivity index (χ3n) is 6.91. The molecule has 4 aromatic rings. The molecular formula is C29H34N8. The SMILES string of the molecule is C=C/C=C(\c1cc(-c2[nH]nc3ncc(-c4cncc(NC(=C)CC)c4)cc23)[nH]c1C)N1CCN(C)CC1. The van der Waals surface area contributed by atoms with Gasteiger partial charge in [0.25, 0.3) is 0 Å². The lowest BCUT2D eigenvalue weighted by Crippen LogP contribution is -2.43. The normalized spacial score (nSPS) is 14.8. The van der Waals surface area contributed by atoms with Crippen molar-refractivity contribution in [2.24, 2.45) is 0 Å². The van der Waals surface area contributed by atoms with E-state index in [-0.39, 0.29) is 0 Å². The minimum absolute atomic E-state index is 0.676. The van der Waals surface area contributed by atoms with Gasteiger partial charge in [0.15, 0.2) is 5.65 Å². The van der Waals surface area contributed by atoms with Crippen molar-refractivity contribution in [3.05, 3.63) is 79.1 Å². The van der Waals surface area contributed by atoms with E-state index in [1.807, 2.05) is 18.5 Å². The zero-order chi connectivity index (χ0) is 25.9. The van der Waals surface area contributed by atoms with Gasteiger partial charge in [0.2, 0.25) is 0 Å². The zero-order valence-electron chi connectivity index (χ0n) is 21.8. The number of likely N-dealkylation sites (N-methyl/N-ethyl adjacent to an activating group) is 1. The highest BCUT2D eigenvalue weighted by Gasteiger charge is 2.21. The van der Waals surface area contributed by atoms with Crippen LogP contribution in [-0.2, 0) is 0 Å². The van der Waals surface area contributed by atoms with E-state index in [4.69, 9.17) is 0 Å². The summed E-state index contributed by atoms with van der Waals surface area (Å²) in [5.41, 5.74) is 9.84. The van der Waals surface area contributed by atoms with E-state index in [0.29, 0.717) is 5.65 Å². The zero-order valence-corrected chi connectivity index (χ0v) is 21.8. The largest absolute Gasteiger partial charge is 0.368 e. The lowest BCUT2D eigenvalue weighted by atomic mass is 10.1. The van der Waals surface area contributed by atoms with E-state index in [1.165, 1.54) is 11.3 Å². The van der Waals surface area contributed by atoms with Crippen LogP contribution in [0.25, 0.3) is 39.2 Å². The van der Waals surface area contributed by atoms with E-state index < -0.39 is 0 Å². The summed E-state index contributed by atoms with van der Waals surface area (Å²) < 4.78 is 0. The van der Waals surface area contributed by atoms with Gasteiger partial charge in [0.1, 0.15) is 0 Å². The average Bonchev–Trinajstić information content (AvgIpc) is 3.50. The number of hydrogen-bond acceptors (Lipinski definition) is 6. The van der Waals surface area contributed by atoms with Crippen LogP contribution in [0.4, 0.5) is 5.69 Å². The molecule has 0 aliphatic carbocycles. The number of piperazine rings is 1. The molecule has 0 spiro atoms. The standard InChI is InChI=1S/C29H34N8/c1-6-8-27(37-11-9-36(5)10-12-37)24-15-26(33-20(24)4)28-25-14-22(17-31-29(25)35-34-28)21-13-23(18-30-16-21)32-19(3)7-2/h6,8,13-18,32-33H,1,3,7,9-12H2,2,4-5H3,(H,31,34,35)/b27-8+. The number of fused-ring (bicyclic) bond motifs is 1. The number of pyridine rings is 2. The smallest absolute Gasteiger partial charge is 0.181 e. The number of allylic oxidation sites excluding steroid dienone is 3. The van der Waals surface area contributed by atoms with E-state index in [2.05, 4.69) is 98.6 Å². The minimum atomic E-state index is 0.676. The minimum Gasteiger partial charge on any atom is -0.368 e. The molecule has 8 nitrogen and oxygen atoms in total. The molecule has 37 heavy (non-hydrogen) atoms. The topological polar surface area (TPSA) is 88.8 Å². The molecule has 5 heterocycles. The lowest BCUT2D eigenvalue weighted by molar-refractivity contribution is 0.207. The van der Waals surface area contributed by atoms with Gasteiger partial charge in [-0.1, -0.05) is 26.2 Å². The first-order valence-corrected chi connectivity index (χ1v) is 12.7. The van der Waals surface area contributed by atoms with Crippen molar-refractivity contribution in [3.8, 4) is 22.5 Å². The molecule has 4 aromatic heterocycles. The van der Waals surface area contributed by atoms with Crippen LogP contribution in [-0.4, -0.2) is 68.2 Å². The summed E-state index contributed by atoms with van der Waals surface area (Å²) in [6.45, 7) is 16.3. The summed E-state index contributed by atoms with van der Waals surface area (Å²) in [4.78, 5) is 17.4. The predicted molar refractivity (Wildman–Crippen MR) is 152 cm³/mol. The molecule has 3 N–H and O–H groups in total. The van der Waals surface area contributed by atoms with Gasteiger partial charge < -0.3 is 20.1 Å². The Morgan fingerprint density at radius 3 is 2.65 bits per heavy atom. The van der Waals surface area contributed by atoms with Crippen molar-refractivity contribution in [3.63, 3.8) is 0 Å². The van der Waals surface area contributed by atoms with E-state index in [0.717, 1.165) is 77.6 Å². The molecule has 0 radical (unpaired) electrons. The van der Waals surface area contributed by atoms with Crippen LogP contribution < -0.4 is 5.32 Å². The molecule has 0 bridgehead atoms. The average molecular weight is 495 g/mol. The van der Waals surface area contributed by atoms with Crippen molar-refractivity contribution < 1.29 is 0 Å². The van der Waals surface area contributed by atoms with Gasteiger partial charge in [-0.2, -0.15) is 5.10 Å². The second-order valence-electron chi connectivity index (χ2n) is 9.54. The van der Waals surface area contributed by atoms with E-state index in [9.17, 15) is 0 Å². The Morgan fingerprint density at radius 1 is 1.11 bits per heavy atom. The highest BCUT2D eigenvalue weighted by molar-refractivity contribution is 5.93. The fourth-order valence-electron chi connectivity index (χ4n) is 4.70. The van der Waals surface area contributed by atoms with Crippen molar-refractivity contribution in [1.82, 2.24) is 34.9 Å². The van der Waals surface area contributed by atoms with Crippen molar-refractivity contribution in [1.29, 1.82) is 0 Å². The number of aromatic nitrogens is 5. The Labute approximate surface area is 217 Å². The number of hydrogen-bond donors (Lipinski definition) is 3. The summed E-state index contributed by atoms with van der Waals surface area (Å²) in [6.07, 6.45) is 10.3. The van der Waals surface area contributed by atoms with Gasteiger partial charge in [0.05, 0.1) is 23.3 Å². The van der Waals surface area contributed by atoms with Crippen LogP contribution in [0.15, 0.2) is 67.8 Å². The Hall–Kier alpha value is -4.17. The second kappa shape index (κ2) is 10.4. The molecule has 1 saturated heterocycles. The van der Waals surface area contributed by atoms with Gasteiger partial charge in [-0.15, -0.1) is 0 Å². The van der Waals surface area contributed by atoms with Crippen LogP contribution in [0.1, 0.15) is 24.6 Å². The molecule has 0 atom stereocenters. The van der Waals surface area contributed by atoms with E-state index >= 15 is 0 Å². The quantitative estimate of drug-likeness (QED) is 0.283. The van der Waals surface area contributed by atoms with Gasteiger partial charge in [0, 0.05) is 77.7 Å². The van der Waals surface area contributed by atoms with Gasteiger partial charge in [-0.3, -0.25) is 10.1 Å². The number of H-pyrrole nitrogens is 2. The molecule has 1 aliphatic rings. The molecule has 8 heteroatoms. The number of aryl methyl sites for hydroxylation is 1. The van der Waals surface area contributed by atoms with Crippen LogP contribution in [0, 0.1) is 6.92 Å². The van der Waals surface area contributed by atoms with Crippen LogP contribution >= 0.6 is 0 Å². The third kappa shape index (κ3) is 5.06. The van der Waals surface area contributed by atoms with Gasteiger partial charge in [-0.25, -0.2) is 4.98 Å². The predicted octanol–water partition coefficient (Wildman–Crippen LogP) is 5.43. The lowest BCUT2D eigenvalue weighted by Gasteiger charge is -2.35. The first-order valence-electron chi connectivity index (χ1n) is 12.7. The monoisotopic (exact) mass is 494 g/mol. The highest BCUT2D eigenvalue weighted by Crippen LogP contribution is 2.33. The molecule has 0 amide bonds. The Bertz CT molecular complexity index is 1470. The summed E-state index contributed by atoms with van der Waals surface area (Å²) in [7, 11) is 2.17. The summed E-state index contributed by atoms with van der Waals surface area (Å²) in [5.74, 6) is 0. The summed E-state index contributed by atoms with van der Waals surface area (Å²) >= 11 is 0. The van der Waals surface area contributed by atoms with Crippen molar-refractivity contribution >= 4 is 22.4 Å². The number of nitrogens with one attached hydrogen (secondary N) is 3. The number of nitrogens with zero attached hydrogens (tertiary/aromatic N) is 5. The first-order chi connectivity index (χ1) is 18.0. The molecule has 0 aromatic carbocycles. The molecule has 190 valence electrons. The third-order valence-corrected chi connectivity index (χ3v) is 6.91. The highest BCUT2D eigenvalue weighted by atomic mass is 15.3. The number of rotatable bonds is 8. The van der Waals surface area contributed by atoms with Gasteiger partial charge in [-0.05, 0) is 44.7 Å². The number of aromatic amines is 2. The van der Waals surface area contributed by atoms with Crippen LogP contribution in [0.5, 0.6) is 0 Å². The molecule has 1 fully saturated rings. The van der Waals surface area contributed by atoms with Crippen molar-refractivity contribution in [2.45, 2.75) is 20.3 Å². The molecule has 5 rings (SSSR count). The Balaban J connectivity index is 1.50. The maximum atomic E-state index is 4.63. The fourth-order valence-corrected chi connectivity index (χ4v) is 4.70. The number of anilines is 1. The molecule has 0 saturated carbocycles. The van der Waals surface area contributed by atoms with Gasteiger partial charge >= 0.3 is 0 Å². The van der Waals surface area contributed by atoms with E-state index in [1.54, 1.807) is 6.20 Å². The Kier molecular flexibility index (Phi) is 6.92.